The highest BCUT2D eigenvalue weighted by atomic mass is 19.3. The second-order valence-corrected chi connectivity index (χ2v) is 3.94. The van der Waals surface area contributed by atoms with Crippen LogP contribution in [0.5, 0.6) is 0 Å². The van der Waals surface area contributed by atoms with Gasteiger partial charge in [0.1, 0.15) is 12.4 Å². The largest absolute Gasteiger partial charge is 0.409 e. The molecule has 0 aliphatic carbocycles. The number of amidine groups is 1. The van der Waals surface area contributed by atoms with Gasteiger partial charge >= 0.3 is 0 Å². The summed E-state index contributed by atoms with van der Waals surface area (Å²) < 4.78 is 41.3. The van der Waals surface area contributed by atoms with Crippen molar-refractivity contribution in [1.29, 1.82) is 0 Å². The lowest BCUT2D eigenvalue weighted by Gasteiger charge is -2.10. The molecule has 9 heteroatoms. The van der Waals surface area contributed by atoms with Gasteiger partial charge in [0.25, 0.3) is 6.43 Å². The fourth-order valence-corrected chi connectivity index (χ4v) is 1.44. The van der Waals surface area contributed by atoms with Crippen molar-refractivity contribution in [2.24, 2.45) is 10.9 Å². The molecule has 0 bridgehead atoms. The SMILES string of the molecule is N/C(=N/O)c1cc(F)ccc1NC(=O)CCOCC(F)F. The normalized spacial score (nSPS) is 11.7. The number of nitrogens with one attached hydrogen (secondary N) is 1. The number of oxime groups is 1. The molecule has 6 nitrogen and oxygen atoms in total. The number of amides is 1. The smallest absolute Gasteiger partial charge is 0.261 e. The van der Waals surface area contributed by atoms with Gasteiger partial charge in [0.2, 0.25) is 5.91 Å². The first-order valence-electron chi connectivity index (χ1n) is 5.87. The Morgan fingerprint density at radius 2 is 2.19 bits per heavy atom. The summed E-state index contributed by atoms with van der Waals surface area (Å²) in [5, 5.41) is 13.7. The minimum Gasteiger partial charge on any atom is -0.409 e. The van der Waals surface area contributed by atoms with Gasteiger partial charge in [-0.1, -0.05) is 5.16 Å². The summed E-state index contributed by atoms with van der Waals surface area (Å²) in [6, 6.07) is 3.30. The zero-order valence-corrected chi connectivity index (χ0v) is 10.9. The Balaban J connectivity index is 2.64. The molecule has 0 radical (unpaired) electrons. The zero-order chi connectivity index (χ0) is 15.8. The van der Waals surface area contributed by atoms with Gasteiger partial charge in [0.15, 0.2) is 5.84 Å². The summed E-state index contributed by atoms with van der Waals surface area (Å²) in [6.45, 7) is -0.935. The van der Waals surface area contributed by atoms with Crippen LogP contribution in [0.15, 0.2) is 23.4 Å². The van der Waals surface area contributed by atoms with Crippen molar-refractivity contribution < 1.29 is 27.9 Å². The van der Waals surface area contributed by atoms with Crippen molar-refractivity contribution >= 4 is 17.4 Å². The Hall–Kier alpha value is -2.29. The average molecular weight is 305 g/mol. The van der Waals surface area contributed by atoms with E-state index in [0.29, 0.717) is 0 Å². The van der Waals surface area contributed by atoms with Crippen molar-refractivity contribution in [1.82, 2.24) is 0 Å². The molecular weight excluding hydrogens is 291 g/mol. The predicted molar refractivity (Wildman–Crippen MR) is 69.0 cm³/mol. The van der Waals surface area contributed by atoms with E-state index in [-0.39, 0.29) is 30.1 Å². The number of nitrogens with zero attached hydrogens (tertiary/aromatic N) is 1. The standard InChI is InChI=1S/C12H14F3N3O3/c13-7-1-2-9(8(5-7)12(16)18-20)17-11(19)3-4-21-6-10(14)15/h1-2,5,10,20H,3-4,6H2,(H2,16,18)(H,17,19). The van der Waals surface area contributed by atoms with Crippen molar-refractivity contribution in [3.8, 4) is 0 Å². The van der Waals surface area contributed by atoms with Crippen LogP contribution in [0.2, 0.25) is 0 Å². The fraction of sp³-hybridized carbons (Fsp3) is 0.333. The first-order valence-corrected chi connectivity index (χ1v) is 5.87. The van der Waals surface area contributed by atoms with Crippen LogP contribution in [-0.2, 0) is 9.53 Å². The highest BCUT2D eigenvalue weighted by Gasteiger charge is 2.12. The third-order valence-corrected chi connectivity index (χ3v) is 2.36. The summed E-state index contributed by atoms with van der Waals surface area (Å²) in [7, 11) is 0. The van der Waals surface area contributed by atoms with Crippen LogP contribution in [0.1, 0.15) is 12.0 Å². The van der Waals surface area contributed by atoms with Crippen LogP contribution in [0, 0.1) is 5.82 Å². The molecule has 0 aliphatic heterocycles. The number of benzene rings is 1. The molecule has 21 heavy (non-hydrogen) atoms. The molecule has 0 unspecified atom stereocenters. The summed E-state index contributed by atoms with van der Waals surface area (Å²) in [4.78, 5) is 11.6. The van der Waals surface area contributed by atoms with Crippen LogP contribution in [0.3, 0.4) is 0 Å². The number of carbonyl (C=O) groups is 1. The fourth-order valence-electron chi connectivity index (χ4n) is 1.44. The molecule has 1 aromatic rings. The van der Waals surface area contributed by atoms with Crippen molar-refractivity contribution in [2.45, 2.75) is 12.8 Å². The molecule has 0 fully saturated rings. The lowest BCUT2D eigenvalue weighted by atomic mass is 10.1. The third-order valence-electron chi connectivity index (χ3n) is 2.36. The molecular formula is C12H14F3N3O3. The molecule has 1 amide bonds. The molecule has 0 aromatic heterocycles. The number of ether oxygens (including phenoxy) is 1. The molecule has 0 aliphatic rings. The first kappa shape index (κ1) is 16.8. The third kappa shape index (κ3) is 5.69. The van der Waals surface area contributed by atoms with E-state index in [0.717, 1.165) is 12.1 Å². The second-order valence-electron chi connectivity index (χ2n) is 3.94. The van der Waals surface area contributed by atoms with Gasteiger partial charge < -0.3 is 21.0 Å². The number of nitrogens with two attached hydrogens (primary N) is 1. The van der Waals surface area contributed by atoms with Crippen LogP contribution in [0.4, 0.5) is 18.9 Å². The van der Waals surface area contributed by atoms with Gasteiger partial charge in [-0.3, -0.25) is 4.79 Å². The number of carbonyl (C=O) groups excluding carboxylic acids is 1. The maximum Gasteiger partial charge on any atom is 0.261 e. The van der Waals surface area contributed by atoms with E-state index in [1.54, 1.807) is 0 Å². The number of rotatable bonds is 7. The molecule has 0 heterocycles. The van der Waals surface area contributed by atoms with Crippen molar-refractivity contribution in [3.05, 3.63) is 29.6 Å². The highest BCUT2D eigenvalue weighted by molar-refractivity contribution is 6.05. The minimum atomic E-state index is -2.60. The zero-order valence-electron chi connectivity index (χ0n) is 10.9. The van der Waals surface area contributed by atoms with Gasteiger partial charge in [-0.25, -0.2) is 13.2 Å². The maximum atomic E-state index is 13.1. The summed E-state index contributed by atoms with van der Waals surface area (Å²) in [5.41, 5.74) is 5.50. The summed E-state index contributed by atoms with van der Waals surface area (Å²) in [5.74, 6) is -1.54. The van der Waals surface area contributed by atoms with Crippen molar-refractivity contribution in [3.63, 3.8) is 0 Å². The van der Waals surface area contributed by atoms with Gasteiger partial charge in [-0.05, 0) is 18.2 Å². The Morgan fingerprint density at radius 3 is 2.81 bits per heavy atom. The number of hydrogen-bond acceptors (Lipinski definition) is 4. The molecule has 0 saturated carbocycles. The van der Waals surface area contributed by atoms with E-state index in [4.69, 9.17) is 10.9 Å². The molecule has 0 spiro atoms. The average Bonchev–Trinajstić information content (AvgIpc) is 2.44. The Bertz CT molecular complexity index is 524. The van der Waals surface area contributed by atoms with E-state index >= 15 is 0 Å². The summed E-state index contributed by atoms with van der Waals surface area (Å²) >= 11 is 0. The van der Waals surface area contributed by atoms with Gasteiger partial charge in [-0.15, -0.1) is 0 Å². The Labute approximate surface area is 118 Å². The highest BCUT2D eigenvalue weighted by Crippen LogP contribution is 2.17. The van der Waals surface area contributed by atoms with Crippen molar-refractivity contribution in [2.75, 3.05) is 18.5 Å². The lowest BCUT2D eigenvalue weighted by molar-refractivity contribution is -0.117. The maximum absolute atomic E-state index is 13.1. The first-order chi connectivity index (χ1) is 9.93. The van der Waals surface area contributed by atoms with E-state index < -0.39 is 24.8 Å². The summed E-state index contributed by atoms with van der Waals surface area (Å²) in [6.07, 6.45) is -2.77. The Kier molecular flexibility index (Phi) is 6.47. The number of hydrogen-bond donors (Lipinski definition) is 3. The van der Waals surface area contributed by atoms with Crippen LogP contribution < -0.4 is 11.1 Å². The molecule has 1 rings (SSSR count). The molecule has 1 aromatic carbocycles. The van der Waals surface area contributed by atoms with E-state index in [2.05, 4.69) is 15.2 Å². The van der Waals surface area contributed by atoms with Gasteiger partial charge in [-0.2, -0.15) is 0 Å². The lowest BCUT2D eigenvalue weighted by Crippen LogP contribution is -2.20. The predicted octanol–water partition coefficient (Wildman–Crippen LogP) is 1.53. The van der Waals surface area contributed by atoms with Crippen LogP contribution >= 0.6 is 0 Å². The molecule has 4 N–H and O–H groups in total. The Morgan fingerprint density at radius 1 is 1.48 bits per heavy atom. The van der Waals surface area contributed by atoms with Gasteiger partial charge in [0, 0.05) is 5.56 Å². The number of alkyl halides is 2. The van der Waals surface area contributed by atoms with Crippen LogP contribution in [0.25, 0.3) is 0 Å². The minimum absolute atomic E-state index is 0.000603. The molecule has 0 atom stereocenters. The number of halogens is 3. The van der Waals surface area contributed by atoms with E-state index in [9.17, 15) is 18.0 Å². The number of anilines is 1. The molecule has 116 valence electrons. The quantitative estimate of drug-likeness (QED) is 0.234. The van der Waals surface area contributed by atoms with Crippen LogP contribution in [-0.4, -0.2) is 36.6 Å². The topological polar surface area (TPSA) is 96.9 Å². The van der Waals surface area contributed by atoms with E-state index in [1.807, 2.05) is 0 Å². The van der Waals surface area contributed by atoms with Gasteiger partial charge in [0.05, 0.1) is 18.7 Å². The monoisotopic (exact) mass is 305 g/mol. The second kappa shape index (κ2) is 8.10. The molecule has 0 saturated heterocycles. The van der Waals surface area contributed by atoms with E-state index in [1.165, 1.54) is 6.07 Å².